The van der Waals surface area contributed by atoms with Crippen LogP contribution in [0.3, 0.4) is 0 Å². The van der Waals surface area contributed by atoms with E-state index in [1.165, 1.54) is 32.1 Å². The van der Waals surface area contributed by atoms with Gasteiger partial charge in [-0.05, 0) is 56.0 Å². The van der Waals surface area contributed by atoms with E-state index in [1.54, 1.807) is 24.3 Å². The van der Waals surface area contributed by atoms with E-state index in [9.17, 15) is 4.79 Å². The third-order valence-electron chi connectivity index (χ3n) is 4.36. The van der Waals surface area contributed by atoms with Crippen LogP contribution in [0.25, 0.3) is 0 Å². The average Bonchev–Trinajstić information content (AvgIpc) is 2.54. The molecule has 0 aliphatic heterocycles. The van der Waals surface area contributed by atoms with E-state index < -0.39 is 0 Å². The Kier molecular flexibility index (Phi) is 10.2. The van der Waals surface area contributed by atoms with Crippen molar-refractivity contribution in [1.29, 1.82) is 0 Å². The Morgan fingerprint density at radius 1 is 1.00 bits per heavy atom. The van der Waals surface area contributed by atoms with E-state index in [4.69, 9.17) is 10.5 Å². The molecule has 0 fully saturated rings. The second-order valence-electron chi connectivity index (χ2n) is 7.63. The highest BCUT2D eigenvalue weighted by Crippen LogP contribution is 2.13. The number of nitrogens with two attached hydrogens (primary N) is 1. The number of nitrogen functional groups attached to an aromatic ring is 1. The lowest BCUT2D eigenvalue weighted by molar-refractivity contribution is 0.0341. The maximum Gasteiger partial charge on any atom is 0.338 e. The summed E-state index contributed by atoms with van der Waals surface area (Å²) in [6, 6.07) is 6.81. The fourth-order valence-corrected chi connectivity index (χ4v) is 2.77. The lowest BCUT2D eigenvalue weighted by Crippen LogP contribution is -2.31. The van der Waals surface area contributed by atoms with Crippen molar-refractivity contribution < 1.29 is 9.53 Å². The smallest absolute Gasteiger partial charge is 0.338 e. The largest absolute Gasteiger partial charge is 0.458 e. The van der Waals surface area contributed by atoms with E-state index in [-0.39, 0.29) is 12.1 Å². The molecule has 0 saturated heterocycles. The van der Waals surface area contributed by atoms with E-state index in [1.807, 2.05) is 6.92 Å². The fourth-order valence-electron chi connectivity index (χ4n) is 2.77. The standard InChI is InChI=1S/C21H36N2O2/c1-16(2)8-6-5-7-9-17(3)14-23-15-18(4)25-21(24)19-10-12-20(22)13-11-19/h10-13,16-18,23H,5-9,14-15,22H2,1-4H3. The molecular weight excluding hydrogens is 312 g/mol. The molecule has 1 aromatic rings. The normalized spacial score (nSPS) is 13.6. The average molecular weight is 349 g/mol. The molecule has 25 heavy (non-hydrogen) atoms. The molecule has 0 aliphatic carbocycles. The summed E-state index contributed by atoms with van der Waals surface area (Å²) in [5.41, 5.74) is 6.81. The predicted molar refractivity (Wildman–Crippen MR) is 106 cm³/mol. The summed E-state index contributed by atoms with van der Waals surface area (Å²) in [5, 5.41) is 3.41. The highest BCUT2D eigenvalue weighted by Gasteiger charge is 2.12. The topological polar surface area (TPSA) is 64.3 Å². The number of nitrogens with one attached hydrogen (secondary N) is 1. The number of rotatable bonds is 12. The van der Waals surface area contributed by atoms with E-state index in [0.29, 0.717) is 23.7 Å². The first-order chi connectivity index (χ1) is 11.9. The molecular formula is C21H36N2O2. The molecule has 3 N–H and O–H groups in total. The van der Waals surface area contributed by atoms with Gasteiger partial charge < -0.3 is 15.8 Å². The van der Waals surface area contributed by atoms with Crippen LogP contribution in [0.4, 0.5) is 5.69 Å². The number of ether oxygens (including phenoxy) is 1. The van der Waals surface area contributed by atoms with Crippen LogP contribution in [0.5, 0.6) is 0 Å². The molecule has 0 spiro atoms. The highest BCUT2D eigenvalue weighted by molar-refractivity contribution is 5.89. The van der Waals surface area contributed by atoms with Crippen molar-refractivity contribution >= 4 is 11.7 Å². The second-order valence-corrected chi connectivity index (χ2v) is 7.63. The third-order valence-corrected chi connectivity index (χ3v) is 4.36. The van der Waals surface area contributed by atoms with Crippen LogP contribution in [-0.4, -0.2) is 25.2 Å². The molecule has 142 valence electrons. The zero-order valence-corrected chi connectivity index (χ0v) is 16.4. The minimum Gasteiger partial charge on any atom is -0.458 e. The van der Waals surface area contributed by atoms with Crippen molar-refractivity contribution in [3.05, 3.63) is 29.8 Å². The molecule has 0 bridgehead atoms. The lowest BCUT2D eigenvalue weighted by atomic mass is 10.00. The Morgan fingerprint density at radius 3 is 2.28 bits per heavy atom. The Hall–Kier alpha value is -1.55. The van der Waals surface area contributed by atoms with Crippen LogP contribution in [0.2, 0.25) is 0 Å². The zero-order chi connectivity index (χ0) is 18.7. The van der Waals surface area contributed by atoms with Crippen molar-refractivity contribution in [3.63, 3.8) is 0 Å². The van der Waals surface area contributed by atoms with Crippen molar-refractivity contribution in [2.45, 2.75) is 65.9 Å². The molecule has 0 amide bonds. The van der Waals surface area contributed by atoms with Crippen LogP contribution in [-0.2, 0) is 4.74 Å². The SMILES string of the molecule is CC(C)CCCCCC(C)CNCC(C)OC(=O)c1ccc(N)cc1. The maximum atomic E-state index is 12.0. The van der Waals surface area contributed by atoms with Gasteiger partial charge in [-0.25, -0.2) is 4.79 Å². The quantitative estimate of drug-likeness (QED) is 0.328. The van der Waals surface area contributed by atoms with Gasteiger partial charge in [0.15, 0.2) is 0 Å². The Morgan fingerprint density at radius 2 is 1.64 bits per heavy atom. The molecule has 2 unspecified atom stereocenters. The highest BCUT2D eigenvalue weighted by atomic mass is 16.5. The molecule has 0 radical (unpaired) electrons. The first-order valence-electron chi connectivity index (χ1n) is 9.65. The van der Waals surface area contributed by atoms with Gasteiger partial charge in [0.05, 0.1) is 5.56 Å². The molecule has 2 atom stereocenters. The number of carbonyl (C=O) groups is 1. The van der Waals surface area contributed by atoms with Gasteiger partial charge in [-0.15, -0.1) is 0 Å². The summed E-state index contributed by atoms with van der Waals surface area (Å²) >= 11 is 0. The van der Waals surface area contributed by atoms with Crippen LogP contribution >= 0.6 is 0 Å². The minimum absolute atomic E-state index is 0.150. The van der Waals surface area contributed by atoms with Crippen LogP contribution in [0, 0.1) is 11.8 Å². The van der Waals surface area contributed by atoms with Crippen LogP contribution < -0.4 is 11.1 Å². The van der Waals surface area contributed by atoms with Gasteiger partial charge in [-0.2, -0.15) is 0 Å². The summed E-state index contributed by atoms with van der Waals surface area (Å²) in [6.45, 7) is 10.4. The van der Waals surface area contributed by atoms with Crippen molar-refractivity contribution in [1.82, 2.24) is 5.32 Å². The number of hydrogen-bond donors (Lipinski definition) is 2. The molecule has 1 rings (SSSR count). The summed E-state index contributed by atoms with van der Waals surface area (Å²) in [4.78, 5) is 12.0. The predicted octanol–water partition coefficient (Wildman–Crippen LogP) is 4.65. The molecule has 4 heteroatoms. The summed E-state index contributed by atoms with van der Waals surface area (Å²) in [5.74, 6) is 1.17. The molecule has 0 heterocycles. The summed E-state index contributed by atoms with van der Waals surface area (Å²) < 4.78 is 5.45. The Labute approximate surface area is 153 Å². The second kappa shape index (κ2) is 11.9. The first-order valence-corrected chi connectivity index (χ1v) is 9.65. The van der Waals surface area contributed by atoms with Gasteiger partial charge in [0.25, 0.3) is 0 Å². The lowest BCUT2D eigenvalue weighted by Gasteiger charge is -2.17. The Balaban J connectivity index is 2.12. The van der Waals surface area contributed by atoms with Gasteiger partial charge >= 0.3 is 5.97 Å². The zero-order valence-electron chi connectivity index (χ0n) is 16.4. The van der Waals surface area contributed by atoms with E-state index in [2.05, 4.69) is 26.1 Å². The van der Waals surface area contributed by atoms with Crippen molar-refractivity contribution in [2.75, 3.05) is 18.8 Å². The monoisotopic (exact) mass is 348 g/mol. The van der Waals surface area contributed by atoms with Gasteiger partial charge in [0.1, 0.15) is 6.10 Å². The van der Waals surface area contributed by atoms with E-state index in [0.717, 1.165) is 12.5 Å². The van der Waals surface area contributed by atoms with Crippen LogP contribution in [0.1, 0.15) is 70.2 Å². The number of hydrogen-bond acceptors (Lipinski definition) is 4. The summed E-state index contributed by atoms with van der Waals surface area (Å²) in [7, 11) is 0. The van der Waals surface area contributed by atoms with Gasteiger partial charge in [-0.3, -0.25) is 0 Å². The fraction of sp³-hybridized carbons (Fsp3) is 0.667. The third kappa shape index (κ3) is 10.1. The minimum atomic E-state index is -0.299. The van der Waals surface area contributed by atoms with Gasteiger partial charge in [-0.1, -0.05) is 46.5 Å². The van der Waals surface area contributed by atoms with Gasteiger partial charge in [0, 0.05) is 12.2 Å². The number of carbonyl (C=O) groups excluding carboxylic acids is 1. The number of esters is 1. The number of anilines is 1. The van der Waals surface area contributed by atoms with E-state index >= 15 is 0 Å². The van der Waals surface area contributed by atoms with Crippen molar-refractivity contribution in [3.8, 4) is 0 Å². The van der Waals surface area contributed by atoms with Crippen molar-refractivity contribution in [2.24, 2.45) is 11.8 Å². The number of benzene rings is 1. The molecule has 0 saturated carbocycles. The molecule has 1 aromatic carbocycles. The number of unbranched alkanes of at least 4 members (excludes halogenated alkanes) is 2. The molecule has 0 aromatic heterocycles. The molecule has 4 nitrogen and oxygen atoms in total. The first kappa shape index (κ1) is 21.5. The van der Waals surface area contributed by atoms with Crippen LogP contribution in [0.15, 0.2) is 24.3 Å². The Bertz CT molecular complexity index is 485. The summed E-state index contributed by atoms with van der Waals surface area (Å²) in [6.07, 6.45) is 6.42. The molecule has 0 aliphatic rings. The maximum absolute atomic E-state index is 12.0. The van der Waals surface area contributed by atoms with Gasteiger partial charge in [0.2, 0.25) is 0 Å².